The average molecular weight is 657 g/mol. The van der Waals surface area contributed by atoms with E-state index in [-0.39, 0.29) is 11.5 Å². The molecule has 1 aliphatic carbocycles. The number of hydrogen-bond donors (Lipinski definition) is 0. The summed E-state index contributed by atoms with van der Waals surface area (Å²) in [7, 11) is 0. The van der Waals surface area contributed by atoms with Gasteiger partial charge in [-0.25, -0.2) is 9.59 Å². The molecule has 16 heteroatoms. The van der Waals surface area contributed by atoms with E-state index in [2.05, 4.69) is 0 Å². The van der Waals surface area contributed by atoms with Crippen LogP contribution in [0.5, 0.6) is 11.5 Å². The average Bonchev–Trinajstić information content (AvgIpc) is 3.08. The Hall–Kier alpha value is -6.58. The third-order valence-electron chi connectivity index (χ3n) is 8.16. The normalized spacial score (nSPS) is 13.6. The Bertz CT molecular complexity index is 1820. The number of rotatable bonds is 10. The number of nitro groups is 4. The van der Waals surface area contributed by atoms with Crippen LogP contribution in [-0.4, -0.2) is 31.6 Å². The van der Waals surface area contributed by atoms with Crippen molar-refractivity contribution >= 4 is 34.7 Å². The molecule has 0 aliphatic heterocycles. The molecule has 1 aliphatic rings. The summed E-state index contributed by atoms with van der Waals surface area (Å²) in [5, 5.41) is 45.0. The van der Waals surface area contributed by atoms with Crippen molar-refractivity contribution in [1.29, 1.82) is 0 Å². The minimum Gasteiger partial charge on any atom is -0.423 e. The minimum absolute atomic E-state index is 0.102. The molecule has 4 aromatic rings. The van der Waals surface area contributed by atoms with Crippen LogP contribution in [0.25, 0.3) is 0 Å². The maximum atomic E-state index is 12.8. The molecule has 0 bridgehead atoms. The fourth-order valence-corrected chi connectivity index (χ4v) is 5.82. The molecule has 48 heavy (non-hydrogen) atoms. The molecule has 0 radical (unpaired) electrons. The highest BCUT2D eigenvalue weighted by Crippen LogP contribution is 2.45. The lowest BCUT2D eigenvalue weighted by molar-refractivity contribution is -0.394. The van der Waals surface area contributed by atoms with Gasteiger partial charge in [0.15, 0.2) is 0 Å². The Kier molecular flexibility index (Phi) is 9.17. The fraction of sp³-hybridized carbons (Fsp3) is 0.188. The molecule has 0 saturated heterocycles. The highest BCUT2D eigenvalue weighted by atomic mass is 16.6. The van der Waals surface area contributed by atoms with Crippen LogP contribution < -0.4 is 9.47 Å². The molecule has 1 saturated carbocycles. The van der Waals surface area contributed by atoms with Crippen LogP contribution in [0.3, 0.4) is 0 Å². The van der Waals surface area contributed by atoms with Gasteiger partial charge in [0.1, 0.15) is 22.6 Å². The van der Waals surface area contributed by atoms with Crippen LogP contribution in [-0.2, 0) is 5.41 Å². The van der Waals surface area contributed by atoms with Crippen LogP contribution in [0.4, 0.5) is 22.7 Å². The van der Waals surface area contributed by atoms with E-state index in [1.54, 1.807) is 48.5 Å². The predicted molar refractivity (Wildman–Crippen MR) is 166 cm³/mol. The monoisotopic (exact) mass is 656 g/mol. The number of carbonyl (C=O) groups is 2. The lowest BCUT2D eigenvalue weighted by atomic mass is 9.65. The zero-order valence-corrected chi connectivity index (χ0v) is 24.8. The molecule has 0 unspecified atom stereocenters. The van der Waals surface area contributed by atoms with E-state index >= 15 is 0 Å². The van der Waals surface area contributed by atoms with E-state index in [0.29, 0.717) is 12.1 Å². The summed E-state index contributed by atoms with van der Waals surface area (Å²) in [5.74, 6) is -1.91. The van der Waals surface area contributed by atoms with Crippen LogP contribution in [0.1, 0.15) is 63.9 Å². The minimum atomic E-state index is -1.05. The van der Waals surface area contributed by atoms with E-state index in [4.69, 9.17) is 9.47 Å². The summed E-state index contributed by atoms with van der Waals surface area (Å²) in [6, 6.07) is 18.6. The molecular formula is C32H24N4O12. The zero-order valence-electron chi connectivity index (χ0n) is 24.8. The third kappa shape index (κ3) is 6.67. The van der Waals surface area contributed by atoms with Gasteiger partial charge < -0.3 is 9.47 Å². The van der Waals surface area contributed by atoms with E-state index in [9.17, 15) is 50.0 Å². The third-order valence-corrected chi connectivity index (χ3v) is 8.16. The first-order chi connectivity index (χ1) is 22.9. The Morgan fingerprint density at radius 2 is 0.896 bits per heavy atom. The number of hydrogen-bond acceptors (Lipinski definition) is 12. The smallest absolute Gasteiger partial charge is 0.350 e. The SMILES string of the molecule is O=C(Oc1ccc(C2(c3ccc(OC(=O)c4ccc([N+](=O)[O-])cc4[N+](=O)[O-])cc3)CCCCC2)cc1)c1ccc([N+](=O)[O-])cc1[N+](=O)[O-]. The van der Waals surface area contributed by atoms with Crippen molar-refractivity contribution in [2.45, 2.75) is 37.5 Å². The second-order valence-electron chi connectivity index (χ2n) is 10.9. The van der Waals surface area contributed by atoms with Gasteiger partial charge in [-0.2, -0.15) is 0 Å². The molecule has 0 N–H and O–H groups in total. The summed E-state index contributed by atoms with van der Waals surface area (Å²) in [6.07, 6.45) is 4.40. The van der Waals surface area contributed by atoms with E-state index in [0.717, 1.165) is 67.5 Å². The number of benzene rings is 4. The maximum Gasteiger partial charge on any atom is 0.350 e. The van der Waals surface area contributed by atoms with E-state index in [1.165, 1.54) is 0 Å². The first kappa shape index (κ1) is 32.8. The fourth-order valence-electron chi connectivity index (χ4n) is 5.82. The Morgan fingerprint density at radius 3 is 1.23 bits per heavy atom. The number of esters is 2. The molecule has 4 aromatic carbocycles. The zero-order chi connectivity index (χ0) is 34.6. The lowest BCUT2D eigenvalue weighted by Crippen LogP contribution is -2.30. The summed E-state index contributed by atoms with van der Waals surface area (Å²) in [5.41, 5.74) is -2.15. The van der Waals surface area contributed by atoms with E-state index in [1.807, 2.05) is 0 Å². The second-order valence-corrected chi connectivity index (χ2v) is 10.9. The molecule has 244 valence electrons. The van der Waals surface area contributed by atoms with Crippen molar-refractivity contribution < 1.29 is 38.8 Å². The topological polar surface area (TPSA) is 225 Å². The largest absolute Gasteiger partial charge is 0.423 e. The number of nitrogens with zero attached hydrogens (tertiary/aromatic N) is 4. The second kappa shape index (κ2) is 13.4. The van der Waals surface area contributed by atoms with Crippen LogP contribution in [0.2, 0.25) is 0 Å². The van der Waals surface area contributed by atoms with Gasteiger partial charge in [0.25, 0.3) is 22.7 Å². The van der Waals surface area contributed by atoms with Crippen LogP contribution in [0, 0.1) is 40.5 Å². The quantitative estimate of drug-likeness (QED) is 0.0727. The van der Waals surface area contributed by atoms with Crippen molar-refractivity contribution in [3.63, 3.8) is 0 Å². The van der Waals surface area contributed by atoms with Crippen molar-refractivity contribution in [2.24, 2.45) is 0 Å². The van der Waals surface area contributed by atoms with Crippen molar-refractivity contribution in [3.8, 4) is 11.5 Å². The molecular weight excluding hydrogens is 632 g/mol. The van der Waals surface area contributed by atoms with Crippen molar-refractivity contribution in [3.05, 3.63) is 148 Å². The Morgan fingerprint density at radius 1 is 0.521 bits per heavy atom. The summed E-state index contributed by atoms with van der Waals surface area (Å²) < 4.78 is 10.7. The maximum absolute atomic E-state index is 12.8. The summed E-state index contributed by atoms with van der Waals surface area (Å²) in [6.45, 7) is 0. The molecule has 16 nitrogen and oxygen atoms in total. The molecule has 0 heterocycles. The molecule has 5 rings (SSSR count). The van der Waals surface area contributed by atoms with Gasteiger partial charge in [-0.1, -0.05) is 43.5 Å². The number of non-ortho nitro benzene ring substituents is 2. The Labute approximate surface area is 270 Å². The number of ether oxygens (including phenoxy) is 2. The number of nitro benzene ring substituents is 4. The van der Waals surface area contributed by atoms with Gasteiger partial charge in [0, 0.05) is 17.5 Å². The van der Waals surface area contributed by atoms with E-state index < -0.39 is 70.9 Å². The van der Waals surface area contributed by atoms with Crippen LogP contribution in [0.15, 0.2) is 84.9 Å². The highest BCUT2D eigenvalue weighted by Gasteiger charge is 2.36. The van der Waals surface area contributed by atoms with Crippen molar-refractivity contribution in [2.75, 3.05) is 0 Å². The molecule has 0 aromatic heterocycles. The van der Waals surface area contributed by atoms with Crippen LogP contribution >= 0.6 is 0 Å². The standard InChI is InChI=1S/C32H24N4O12/c37-30(26-14-8-22(33(39)40)18-28(26)35(43)44)47-24-10-4-20(5-11-24)32(16-2-1-3-17-32)21-6-12-25(13-7-21)48-31(38)27-15-9-23(34(41)42)19-29(27)36(45)46/h4-15,18-19H,1-3,16-17H2. The Balaban J connectivity index is 1.36. The van der Waals surface area contributed by atoms with Gasteiger partial charge in [0.2, 0.25) is 0 Å². The van der Waals surface area contributed by atoms with Gasteiger partial charge in [0.05, 0.1) is 31.8 Å². The van der Waals surface area contributed by atoms with Gasteiger partial charge in [-0.05, 0) is 60.4 Å². The summed E-state index contributed by atoms with van der Waals surface area (Å²) in [4.78, 5) is 67.1. The molecule has 1 fully saturated rings. The first-order valence-corrected chi connectivity index (χ1v) is 14.4. The molecule has 0 spiro atoms. The van der Waals surface area contributed by atoms with Gasteiger partial charge in [-0.15, -0.1) is 0 Å². The van der Waals surface area contributed by atoms with Crippen molar-refractivity contribution in [1.82, 2.24) is 0 Å². The lowest BCUT2D eigenvalue weighted by Gasteiger charge is -2.38. The predicted octanol–water partition coefficient (Wildman–Crippen LogP) is 7.01. The molecule has 0 atom stereocenters. The van der Waals surface area contributed by atoms with Gasteiger partial charge >= 0.3 is 11.9 Å². The first-order valence-electron chi connectivity index (χ1n) is 14.4. The summed E-state index contributed by atoms with van der Waals surface area (Å²) >= 11 is 0. The number of carbonyl (C=O) groups excluding carboxylic acids is 2. The van der Waals surface area contributed by atoms with Gasteiger partial charge in [-0.3, -0.25) is 40.5 Å². The highest BCUT2D eigenvalue weighted by molar-refractivity contribution is 5.96. The molecule has 0 amide bonds.